The Balaban J connectivity index is 1.59. The Morgan fingerprint density at radius 3 is 2.48 bits per heavy atom. The number of carbonyl (C=O) groups excluding carboxylic acids is 1. The number of ketones is 1. The van der Waals surface area contributed by atoms with Gasteiger partial charge in [0, 0.05) is 37.2 Å². The number of methoxy groups -OCH3 is 2. The lowest BCUT2D eigenvalue weighted by Crippen LogP contribution is -2.28. The summed E-state index contributed by atoms with van der Waals surface area (Å²) >= 11 is 0. The van der Waals surface area contributed by atoms with Crippen LogP contribution in [0.2, 0.25) is 0 Å². The predicted molar refractivity (Wildman–Crippen MR) is 124 cm³/mol. The van der Waals surface area contributed by atoms with Gasteiger partial charge in [-0.05, 0) is 41.3 Å². The molecule has 0 unspecified atom stereocenters. The van der Waals surface area contributed by atoms with Crippen molar-refractivity contribution in [1.82, 2.24) is 4.90 Å². The van der Waals surface area contributed by atoms with Gasteiger partial charge in [-0.3, -0.25) is 9.69 Å². The molecule has 3 aromatic carbocycles. The van der Waals surface area contributed by atoms with Gasteiger partial charge in [0.15, 0.2) is 28.8 Å². The summed E-state index contributed by atoms with van der Waals surface area (Å²) in [5.41, 5.74) is 4.86. The van der Waals surface area contributed by atoms with E-state index >= 15 is 0 Å². The Hall–Kier alpha value is -3.51. The quantitative estimate of drug-likeness (QED) is 0.593. The van der Waals surface area contributed by atoms with E-state index in [0.29, 0.717) is 35.1 Å². The van der Waals surface area contributed by atoms with Crippen LogP contribution in [0.1, 0.15) is 32.6 Å². The molecule has 3 aromatic rings. The molecule has 0 amide bonds. The van der Waals surface area contributed by atoms with E-state index in [9.17, 15) is 4.79 Å². The molecule has 2 heterocycles. The molecule has 0 spiro atoms. The van der Waals surface area contributed by atoms with Gasteiger partial charge < -0.3 is 18.9 Å². The predicted octanol–water partition coefficient (Wildman–Crippen LogP) is 4.42. The third-order valence-corrected chi connectivity index (χ3v) is 6.32. The minimum Gasteiger partial charge on any atom is -0.493 e. The fraction of sp³-hybridized carbons (Fsp3) is 0.296. The molecule has 170 valence electrons. The minimum absolute atomic E-state index is 0.0632. The van der Waals surface area contributed by atoms with Gasteiger partial charge in [-0.15, -0.1) is 0 Å². The largest absolute Gasteiger partial charge is 0.493 e. The standard InChI is InChI=1S/C27H27NO5/c1-30-24-9-8-19-12-23(29)21-14-26-25(32-17-33-26)13-20(21)10-11-28(16-22(19)27(24)31-2)15-18-6-4-3-5-7-18/h3-9,13-14H,10-12,15-17H2,1-2H3. The summed E-state index contributed by atoms with van der Waals surface area (Å²) in [7, 11) is 3.28. The van der Waals surface area contributed by atoms with Gasteiger partial charge in [-0.1, -0.05) is 36.4 Å². The first-order valence-corrected chi connectivity index (χ1v) is 11.1. The molecule has 5 rings (SSSR count). The number of rotatable bonds is 4. The second-order valence-corrected chi connectivity index (χ2v) is 8.35. The van der Waals surface area contributed by atoms with Crippen LogP contribution in [-0.2, 0) is 25.9 Å². The zero-order valence-corrected chi connectivity index (χ0v) is 18.9. The SMILES string of the molecule is COc1ccc2c(c1OC)CN(Cc1ccccc1)CCc1cc3c(cc1C(=O)C2)OCO3. The van der Waals surface area contributed by atoms with Crippen LogP contribution < -0.4 is 18.9 Å². The molecule has 0 N–H and O–H groups in total. The van der Waals surface area contributed by atoms with Gasteiger partial charge in [0.25, 0.3) is 0 Å². The Kier molecular flexibility index (Phi) is 5.92. The fourth-order valence-corrected chi connectivity index (χ4v) is 4.65. The smallest absolute Gasteiger partial charge is 0.231 e. The molecule has 0 atom stereocenters. The summed E-state index contributed by atoms with van der Waals surface area (Å²) in [5.74, 6) is 2.76. The van der Waals surface area contributed by atoms with Crippen LogP contribution in [0, 0.1) is 0 Å². The lowest BCUT2D eigenvalue weighted by atomic mass is 9.92. The van der Waals surface area contributed by atoms with E-state index in [2.05, 4.69) is 29.2 Å². The number of hydrogen-bond acceptors (Lipinski definition) is 6. The van der Waals surface area contributed by atoms with Crippen molar-refractivity contribution in [3.8, 4) is 23.0 Å². The van der Waals surface area contributed by atoms with E-state index < -0.39 is 0 Å². The second-order valence-electron chi connectivity index (χ2n) is 8.35. The van der Waals surface area contributed by atoms with Crippen LogP contribution in [0.15, 0.2) is 54.6 Å². The number of nitrogens with zero attached hydrogens (tertiary/aromatic N) is 1. The van der Waals surface area contributed by atoms with Crippen LogP contribution in [0.5, 0.6) is 23.0 Å². The molecule has 0 fully saturated rings. The van der Waals surface area contributed by atoms with Gasteiger partial charge in [0.1, 0.15) is 0 Å². The van der Waals surface area contributed by atoms with E-state index in [1.165, 1.54) is 5.56 Å². The summed E-state index contributed by atoms with van der Waals surface area (Å²) in [5, 5.41) is 0. The lowest BCUT2D eigenvalue weighted by Gasteiger charge is -2.27. The van der Waals surface area contributed by atoms with Gasteiger partial charge in [0.2, 0.25) is 6.79 Å². The Bertz CT molecular complexity index is 1170. The van der Waals surface area contributed by atoms with E-state index in [1.54, 1.807) is 14.2 Å². The van der Waals surface area contributed by atoms with Crippen molar-refractivity contribution in [3.05, 3.63) is 82.4 Å². The average Bonchev–Trinajstić information content (AvgIpc) is 3.30. The van der Waals surface area contributed by atoms with Gasteiger partial charge >= 0.3 is 0 Å². The highest BCUT2D eigenvalue weighted by molar-refractivity contribution is 6.00. The van der Waals surface area contributed by atoms with Crippen LogP contribution in [0.3, 0.4) is 0 Å². The fourth-order valence-electron chi connectivity index (χ4n) is 4.65. The van der Waals surface area contributed by atoms with Gasteiger partial charge in [0.05, 0.1) is 14.2 Å². The third kappa shape index (κ3) is 4.26. The van der Waals surface area contributed by atoms with E-state index in [0.717, 1.165) is 36.2 Å². The van der Waals surface area contributed by atoms with Crippen LogP contribution in [0.4, 0.5) is 0 Å². The third-order valence-electron chi connectivity index (χ3n) is 6.32. The first-order valence-electron chi connectivity index (χ1n) is 11.1. The minimum atomic E-state index is 0.0632. The van der Waals surface area contributed by atoms with Crippen molar-refractivity contribution < 1.29 is 23.7 Å². The summed E-state index contributed by atoms with van der Waals surface area (Å²) in [6.07, 6.45) is 1.01. The molecular weight excluding hydrogens is 418 g/mol. The first-order chi connectivity index (χ1) is 16.2. The Morgan fingerprint density at radius 1 is 0.939 bits per heavy atom. The maximum Gasteiger partial charge on any atom is 0.231 e. The van der Waals surface area contributed by atoms with Crippen molar-refractivity contribution in [2.45, 2.75) is 25.9 Å². The summed E-state index contributed by atoms with van der Waals surface area (Å²) in [6.45, 7) is 2.40. The van der Waals surface area contributed by atoms with Crippen molar-refractivity contribution in [2.75, 3.05) is 27.6 Å². The molecule has 2 aliphatic rings. The highest BCUT2D eigenvalue weighted by atomic mass is 16.7. The summed E-state index contributed by atoms with van der Waals surface area (Å²) in [4.78, 5) is 15.8. The van der Waals surface area contributed by atoms with Gasteiger partial charge in [-0.25, -0.2) is 0 Å². The van der Waals surface area contributed by atoms with Crippen LogP contribution >= 0.6 is 0 Å². The molecule has 0 radical (unpaired) electrons. The van der Waals surface area contributed by atoms with Crippen molar-refractivity contribution in [1.29, 1.82) is 0 Å². The molecule has 33 heavy (non-hydrogen) atoms. The molecule has 0 bridgehead atoms. The molecule has 0 saturated heterocycles. The molecule has 0 saturated carbocycles. The molecule has 6 heteroatoms. The number of benzene rings is 3. The van der Waals surface area contributed by atoms with E-state index in [1.807, 2.05) is 30.3 Å². The van der Waals surface area contributed by atoms with Crippen molar-refractivity contribution in [3.63, 3.8) is 0 Å². The van der Waals surface area contributed by atoms with Gasteiger partial charge in [-0.2, -0.15) is 0 Å². The Labute approximate surface area is 193 Å². The number of fused-ring (bicyclic) bond motifs is 3. The topological polar surface area (TPSA) is 57.2 Å². The van der Waals surface area contributed by atoms with E-state index in [4.69, 9.17) is 18.9 Å². The summed E-state index contributed by atoms with van der Waals surface area (Å²) < 4.78 is 22.5. The zero-order chi connectivity index (χ0) is 22.8. The maximum atomic E-state index is 13.4. The maximum absolute atomic E-state index is 13.4. The highest BCUT2D eigenvalue weighted by Gasteiger charge is 2.26. The Morgan fingerprint density at radius 2 is 1.73 bits per heavy atom. The molecular formula is C27H27NO5. The van der Waals surface area contributed by atoms with Crippen molar-refractivity contribution in [2.24, 2.45) is 0 Å². The number of ether oxygens (including phenoxy) is 4. The average molecular weight is 446 g/mol. The lowest BCUT2D eigenvalue weighted by molar-refractivity contribution is 0.0990. The monoisotopic (exact) mass is 445 g/mol. The molecule has 6 nitrogen and oxygen atoms in total. The van der Waals surface area contributed by atoms with Crippen LogP contribution in [0.25, 0.3) is 0 Å². The normalized spacial score (nSPS) is 15.5. The second kappa shape index (κ2) is 9.16. The molecule has 0 aliphatic carbocycles. The zero-order valence-electron chi connectivity index (χ0n) is 18.9. The summed E-state index contributed by atoms with van der Waals surface area (Å²) in [6, 6.07) is 18.1. The molecule has 0 aromatic heterocycles. The number of hydrogen-bond donors (Lipinski definition) is 0. The van der Waals surface area contributed by atoms with E-state index in [-0.39, 0.29) is 19.0 Å². The van der Waals surface area contributed by atoms with Crippen molar-refractivity contribution >= 4 is 5.78 Å². The molecule has 2 aliphatic heterocycles. The van der Waals surface area contributed by atoms with Crippen LogP contribution in [-0.4, -0.2) is 38.2 Å². The number of Topliss-reactive ketones (excluding diaryl/α,β-unsaturated/α-hetero) is 1. The highest BCUT2D eigenvalue weighted by Crippen LogP contribution is 2.38. The first kappa shape index (κ1) is 21.3. The number of carbonyl (C=O) groups is 1.